The third kappa shape index (κ3) is 2.01. The highest BCUT2D eigenvalue weighted by atomic mass is 16.1. The third-order valence-electron chi connectivity index (χ3n) is 2.98. The molecule has 4 heteroatoms. The lowest BCUT2D eigenvalue weighted by atomic mass is 10.1. The Morgan fingerprint density at radius 1 is 1.05 bits per heavy atom. The van der Waals surface area contributed by atoms with Crippen LogP contribution in [0, 0.1) is 13.8 Å². The van der Waals surface area contributed by atoms with Gasteiger partial charge in [-0.05, 0) is 13.8 Å². The zero-order valence-electron chi connectivity index (χ0n) is 10.8. The summed E-state index contributed by atoms with van der Waals surface area (Å²) in [6.07, 6.45) is 0. The zero-order valence-corrected chi connectivity index (χ0v) is 10.8. The van der Waals surface area contributed by atoms with Crippen molar-refractivity contribution in [2.24, 2.45) is 0 Å². The van der Waals surface area contributed by atoms with Gasteiger partial charge in [0.25, 0.3) is 0 Å². The van der Waals surface area contributed by atoms with E-state index >= 15 is 0 Å². The van der Waals surface area contributed by atoms with Gasteiger partial charge in [0, 0.05) is 17.3 Å². The van der Waals surface area contributed by atoms with Crippen molar-refractivity contribution < 1.29 is 0 Å². The van der Waals surface area contributed by atoms with Gasteiger partial charge in [0.1, 0.15) is 11.5 Å². The van der Waals surface area contributed by atoms with Gasteiger partial charge in [-0.3, -0.25) is 4.79 Å². The van der Waals surface area contributed by atoms with E-state index in [1.807, 2.05) is 44.2 Å². The van der Waals surface area contributed by atoms with Crippen LogP contribution in [0.4, 0.5) is 0 Å². The number of nitrogens with zero attached hydrogens (tertiary/aromatic N) is 2. The van der Waals surface area contributed by atoms with Crippen molar-refractivity contribution in [1.82, 2.24) is 15.0 Å². The Balaban J connectivity index is 2.45. The number of nitrogens with one attached hydrogen (secondary N) is 1. The number of hydrogen-bond acceptors (Lipinski definition) is 3. The lowest BCUT2D eigenvalue weighted by molar-refractivity contribution is 1.06. The molecule has 94 valence electrons. The fourth-order valence-corrected chi connectivity index (χ4v) is 2.19. The van der Waals surface area contributed by atoms with Crippen LogP contribution in [0.3, 0.4) is 0 Å². The summed E-state index contributed by atoms with van der Waals surface area (Å²) >= 11 is 0. The maximum Gasteiger partial charge on any atom is 0.193 e. The van der Waals surface area contributed by atoms with Crippen LogP contribution in [0.2, 0.25) is 0 Å². The molecule has 0 saturated heterocycles. The Kier molecular flexibility index (Phi) is 2.63. The van der Waals surface area contributed by atoms with Gasteiger partial charge in [0.15, 0.2) is 5.43 Å². The smallest absolute Gasteiger partial charge is 0.193 e. The van der Waals surface area contributed by atoms with Gasteiger partial charge in [-0.1, -0.05) is 30.3 Å². The molecule has 1 aromatic carbocycles. The molecule has 1 N–H and O–H groups in total. The molecule has 0 aliphatic rings. The van der Waals surface area contributed by atoms with E-state index in [1.54, 1.807) is 6.07 Å². The van der Waals surface area contributed by atoms with E-state index in [9.17, 15) is 4.79 Å². The van der Waals surface area contributed by atoms with Gasteiger partial charge in [0.05, 0.1) is 11.1 Å². The van der Waals surface area contributed by atoms with E-state index < -0.39 is 0 Å². The normalized spacial score (nSPS) is 10.8. The van der Waals surface area contributed by atoms with Crippen molar-refractivity contribution in [3.05, 3.63) is 58.1 Å². The van der Waals surface area contributed by atoms with Gasteiger partial charge in [-0.2, -0.15) is 0 Å². The third-order valence-corrected chi connectivity index (χ3v) is 2.98. The molecule has 4 nitrogen and oxygen atoms in total. The monoisotopic (exact) mass is 251 g/mol. The molecule has 0 atom stereocenters. The summed E-state index contributed by atoms with van der Waals surface area (Å²) in [5.41, 5.74) is 2.95. The maximum atomic E-state index is 12.2. The fraction of sp³-hybridized carbons (Fsp3) is 0.133. The summed E-state index contributed by atoms with van der Waals surface area (Å²) in [6, 6.07) is 11.3. The SMILES string of the molecule is Cc1nc(-c2ccccc2)c2c(=O)cc(C)[nH]c2n1. The van der Waals surface area contributed by atoms with Gasteiger partial charge in [-0.15, -0.1) is 0 Å². The van der Waals surface area contributed by atoms with Crippen molar-refractivity contribution in [2.45, 2.75) is 13.8 Å². The summed E-state index contributed by atoms with van der Waals surface area (Å²) in [5, 5.41) is 0.544. The number of aryl methyl sites for hydroxylation is 2. The average Bonchev–Trinajstić information content (AvgIpc) is 2.38. The Morgan fingerprint density at radius 3 is 2.53 bits per heavy atom. The second kappa shape index (κ2) is 4.31. The highest BCUT2D eigenvalue weighted by Crippen LogP contribution is 2.22. The molecule has 2 heterocycles. The first kappa shape index (κ1) is 11.6. The first-order chi connectivity index (χ1) is 9.15. The van der Waals surface area contributed by atoms with E-state index in [1.165, 1.54) is 0 Å². The first-order valence-corrected chi connectivity index (χ1v) is 6.09. The molecule has 3 aromatic rings. The molecule has 2 aromatic heterocycles. The predicted octanol–water partition coefficient (Wildman–Crippen LogP) is 2.60. The molecule has 0 saturated carbocycles. The molecule has 0 aliphatic heterocycles. The van der Waals surface area contributed by atoms with Crippen LogP contribution in [-0.2, 0) is 0 Å². The zero-order chi connectivity index (χ0) is 13.4. The van der Waals surface area contributed by atoms with Gasteiger partial charge in [0.2, 0.25) is 0 Å². The molecule has 0 unspecified atom stereocenters. The number of aromatic nitrogens is 3. The lowest BCUT2D eigenvalue weighted by Crippen LogP contribution is -2.08. The average molecular weight is 251 g/mol. The largest absolute Gasteiger partial charge is 0.343 e. The van der Waals surface area contributed by atoms with Crippen LogP contribution in [-0.4, -0.2) is 15.0 Å². The van der Waals surface area contributed by atoms with Crippen molar-refractivity contribution >= 4 is 11.0 Å². The first-order valence-electron chi connectivity index (χ1n) is 6.09. The quantitative estimate of drug-likeness (QED) is 0.723. The van der Waals surface area contributed by atoms with E-state index in [0.29, 0.717) is 22.6 Å². The Hall–Kier alpha value is -2.49. The second-order valence-electron chi connectivity index (χ2n) is 4.53. The second-order valence-corrected chi connectivity index (χ2v) is 4.53. The highest BCUT2D eigenvalue weighted by molar-refractivity contribution is 5.90. The molecular weight excluding hydrogens is 238 g/mol. The number of hydrogen-bond donors (Lipinski definition) is 1. The molecule has 0 amide bonds. The number of rotatable bonds is 1. The molecule has 0 fully saturated rings. The maximum absolute atomic E-state index is 12.2. The van der Waals surface area contributed by atoms with Gasteiger partial charge in [-0.25, -0.2) is 9.97 Å². The minimum Gasteiger partial charge on any atom is -0.343 e. The van der Waals surface area contributed by atoms with Gasteiger partial charge < -0.3 is 4.98 Å². The van der Waals surface area contributed by atoms with E-state index in [2.05, 4.69) is 15.0 Å². The molecule has 0 aliphatic carbocycles. The van der Waals surface area contributed by atoms with Crippen LogP contribution >= 0.6 is 0 Å². The number of H-pyrrole nitrogens is 1. The Bertz CT molecular complexity index is 801. The van der Waals surface area contributed by atoms with E-state index in [0.717, 1.165) is 11.3 Å². The molecule has 19 heavy (non-hydrogen) atoms. The standard InChI is InChI=1S/C15H13N3O/c1-9-8-12(19)13-14(11-6-4-3-5-7-11)17-10(2)18-15(13)16-9/h3-8H,1-2H3,(H,16,17,18,19). The van der Waals surface area contributed by atoms with E-state index in [4.69, 9.17) is 0 Å². The fourth-order valence-electron chi connectivity index (χ4n) is 2.19. The molecule has 3 rings (SSSR count). The minimum atomic E-state index is -0.0508. The van der Waals surface area contributed by atoms with E-state index in [-0.39, 0.29) is 5.43 Å². The summed E-state index contributed by atoms with van der Waals surface area (Å²) < 4.78 is 0. The molecular formula is C15H13N3O. The summed E-state index contributed by atoms with van der Waals surface area (Å²) in [6.45, 7) is 3.67. The topological polar surface area (TPSA) is 58.6 Å². The van der Waals surface area contributed by atoms with Crippen molar-refractivity contribution in [2.75, 3.05) is 0 Å². The number of fused-ring (bicyclic) bond motifs is 1. The molecule has 0 bridgehead atoms. The Labute approximate surface area is 110 Å². The van der Waals surface area contributed by atoms with Crippen LogP contribution in [0.1, 0.15) is 11.5 Å². The summed E-state index contributed by atoms with van der Waals surface area (Å²) in [5.74, 6) is 0.646. The minimum absolute atomic E-state index is 0.0508. The van der Waals surface area contributed by atoms with Crippen LogP contribution in [0.15, 0.2) is 41.2 Å². The number of benzene rings is 1. The summed E-state index contributed by atoms with van der Waals surface area (Å²) in [4.78, 5) is 24.1. The number of pyridine rings is 1. The van der Waals surface area contributed by atoms with Crippen LogP contribution in [0.25, 0.3) is 22.3 Å². The van der Waals surface area contributed by atoms with Crippen molar-refractivity contribution in [3.8, 4) is 11.3 Å². The Morgan fingerprint density at radius 2 is 1.79 bits per heavy atom. The predicted molar refractivity (Wildman–Crippen MR) is 75.1 cm³/mol. The molecule has 0 radical (unpaired) electrons. The van der Waals surface area contributed by atoms with Gasteiger partial charge >= 0.3 is 0 Å². The van der Waals surface area contributed by atoms with Crippen molar-refractivity contribution in [3.63, 3.8) is 0 Å². The highest BCUT2D eigenvalue weighted by Gasteiger charge is 2.11. The summed E-state index contributed by atoms with van der Waals surface area (Å²) in [7, 11) is 0. The molecule has 0 spiro atoms. The van der Waals surface area contributed by atoms with Crippen LogP contribution < -0.4 is 5.43 Å². The lowest BCUT2D eigenvalue weighted by Gasteiger charge is -2.07. The number of aromatic amines is 1. The van der Waals surface area contributed by atoms with Crippen molar-refractivity contribution in [1.29, 1.82) is 0 Å². The van der Waals surface area contributed by atoms with Crippen LogP contribution in [0.5, 0.6) is 0 Å².